The van der Waals surface area contributed by atoms with Gasteiger partial charge in [-0.05, 0) is 42.8 Å². The van der Waals surface area contributed by atoms with Crippen LogP contribution in [-0.2, 0) is 13.1 Å². The molecule has 0 atom stereocenters. The van der Waals surface area contributed by atoms with Crippen LogP contribution in [0.1, 0.15) is 27.2 Å². The van der Waals surface area contributed by atoms with Crippen LogP contribution >= 0.6 is 0 Å². The van der Waals surface area contributed by atoms with Crippen molar-refractivity contribution in [2.45, 2.75) is 20.0 Å². The Morgan fingerprint density at radius 3 is 2.87 bits per heavy atom. The number of amides is 1. The number of hydrogen-bond donors (Lipinski definition) is 2. The predicted molar refractivity (Wildman–Crippen MR) is 114 cm³/mol. The topological polar surface area (TPSA) is 89.0 Å². The maximum Gasteiger partial charge on any atom is 0.256 e. The van der Waals surface area contributed by atoms with Crippen LogP contribution in [0, 0.1) is 6.92 Å². The van der Waals surface area contributed by atoms with Crippen molar-refractivity contribution in [2.75, 3.05) is 5.32 Å². The van der Waals surface area contributed by atoms with Crippen LogP contribution in [0.15, 0.2) is 60.9 Å². The van der Waals surface area contributed by atoms with Crippen molar-refractivity contribution >= 4 is 22.5 Å². The molecule has 0 aliphatic carbocycles. The molecule has 30 heavy (non-hydrogen) atoms. The lowest BCUT2D eigenvalue weighted by atomic mass is 10.1. The zero-order valence-electron chi connectivity index (χ0n) is 16.3. The molecule has 148 valence electrons. The lowest BCUT2D eigenvalue weighted by Gasteiger charge is -2.10. The second kappa shape index (κ2) is 7.53. The summed E-state index contributed by atoms with van der Waals surface area (Å²) >= 11 is 0. The van der Waals surface area contributed by atoms with Crippen molar-refractivity contribution in [2.24, 2.45) is 0 Å². The van der Waals surface area contributed by atoms with Gasteiger partial charge >= 0.3 is 0 Å². The van der Waals surface area contributed by atoms with E-state index in [1.54, 1.807) is 12.1 Å². The largest absolute Gasteiger partial charge is 0.420 e. The molecule has 2 aromatic carbocycles. The summed E-state index contributed by atoms with van der Waals surface area (Å²) in [6, 6.07) is 16.8. The monoisotopic (exact) mass is 397 g/mol. The molecular weight excluding hydrogens is 378 g/mol. The van der Waals surface area contributed by atoms with Crippen LogP contribution in [0.3, 0.4) is 0 Å². The minimum Gasteiger partial charge on any atom is -0.420 e. The van der Waals surface area contributed by atoms with E-state index in [0.717, 1.165) is 27.9 Å². The van der Waals surface area contributed by atoms with Gasteiger partial charge in [-0.3, -0.25) is 4.79 Å². The van der Waals surface area contributed by atoms with Crippen molar-refractivity contribution in [3.63, 3.8) is 0 Å². The average molecular weight is 397 g/mol. The quantitative estimate of drug-likeness (QED) is 0.541. The van der Waals surface area contributed by atoms with Crippen LogP contribution in [0.5, 0.6) is 11.8 Å². The lowest BCUT2D eigenvalue weighted by Crippen LogP contribution is -2.12. The van der Waals surface area contributed by atoms with Gasteiger partial charge in [0.2, 0.25) is 11.8 Å². The lowest BCUT2D eigenvalue weighted by molar-refractivity contribution is 0.102. The second-order valence-electron chi connectivity index (χ2n) is 7.16. The molecule has 1 aliphatic heterocycles. The molecule has 1 aliphatic rings. The highest BCUT2D eigenvalue weighted by atomic mass is 16.5. The van der Waals surface area contributed by atoms with E-state index >= 15 is 0 Å². The number of aromatic nitrogens is 3. The van der Waals surface area contributed by atoms with Gasteiger partial charge in [-0.2, -0.15) is 0 Å². The number of carbonyl (C=O) groups excluding carboxylic acids is 1. The van der Waals surface area contributed by atoms with Crippen molar-refractivity contribution in [1.82, 2.24) is 20.3 Å². The third-order valence-corrected chi connectivity index (χ3v) is 5.02. The first-order valence-electron chi connectivity index (χ1n) is 9.66. The van der Waals surface area contributed by atoms with E-state index in [0.29, 0.717) is 35.9 Å². The molecule has 0 saturated carbocycles. The smallest absolute Gasteiger partial charge is 0.256 e. The molecule has 0 saturated heterocycles. The summed E-state index contributed by atoms with van der Waals surface area (Å²) in [5.74, 6) is 0.748. The fraction of sp³-hybridized carbons (Fsp3) is 0.130. The van der Waals surface area contributed by atoms with Gasteiger partial charge in [-0.15, -0.1) is 0 Å². The number of fused-ring (bicyclic) bond motifs is 2. The molecule has 7 nitrogen and oxygen atoms in total. The zero-order valence-corrected chi connectivity index (χ0v) is 16.3. The van der Waals surface area contributed by atoms with Crippen LogP contribution in [0.4, 0.5) is 5.69 Å². The standard InChI is InChI=1S/C23H19N5O2/c1-14-4-2-5-15(10-14)27-22(29)17-6-3-7-19-16(17)8-9-21(28-19)30-23-18-11-24-12-20(18)25-13-26-23/h2-10,13,24H,11-12H2,1H3,(H,27,29). The van der Waals surface area contributed by atoms with Crippen molar-refractivity contribution in [1.29, 1.82) is 0 Å². The van der Waals surface area contributed by atoms with Crippen LogP contribution in [-0.4, -0.2) is 20.9 Å². The van der Waals surface area contributed by atoms with Gasteiger partial charge in [-0.1, -0.05) is 18.2 Å². The molecule has 0 radical (unpaired) electrons. The number of nitrogens with one attached hydrogen (secondary N) is 2. The average Bonchev–Trinajstić information content (AvgIpc) is 3.23. The SMILES string of the molecule is Cc1cccc(NC(=O)c2cccc3nc(Oc4ncnc5c4CNC5)ccc23)c1. The Labute approximate surface area is 173 Å². The Morgan fingerprint density at radius 1 is 1.07 bits per heavy atom. The first kappa shape index (κ1) is 18.2. The molecule has 0 unspecified atom stereocenters. The van der Waals surface area contributed by atoms with E-state index in [4.69, 9.17) is 4.74 Å². The second-order valence-corrected chi connectivity index (χ2v) is 7.16. The number of ether oxygens (including phenoxy) is 1. The van der Waals surface area contributed by atoms with Crippen molar-refractivity contribution < 1.29 is 9.53 Å². The van der Waals surface area contributed by atoms with E-state index in [1.165, 1.54) is 6.33 Å². The molecule has 1 amide bonds. The van der Waals surface area contributed by atoms with Crippen LogP contribution in [0.2, 0.25) is 0 Å². The third kappa shape index (κ3) is 3.46. The van der Waals surface area contributed by atoms with Gasteiger partial charge in [-0.25, -0.2) is 15.0 Å². The van der Waals surface area contributed by atoms with Gasteiger partial charge in [0.15, 0.2) is 0 Å². The highest BCUT2D eigenvalue weighted by Crippen LogP contribution is 2.28. The zero-order chi connectivity index (χ0) is 20.5. The normalized spacial score (nSPS) is 12.6. The molecule has 0 spiro atoms. The fourth-order valence-corrected chi connectivity index (χ4v) is 3.57. The summed E-state index contributed by atoms with van der Waals surface area (Å²) in [5.41, 5.74) is 4.96. The molecule has 5 rings (SSSR count). The minimum atomic E-state index is -0.179. The van der Waals surface area contributed by atoms with Crippen molar-refractivity contribution in [3.8, 4) is 11.8 Å². The number of rotatable bonds is 4. The Bertz CT molecular complexity index is 1270. The van der Waals surface area contributed by atoms with E-state index in [-0.39, 0.29) is 5.91 Å². The Balaban J connectivity index is 1.44. The molecule has 0 fully saturated rings. The number of hydrogen-bond acceptors (Lipinski definition) is 6. The molecule has 0 bridgehead atoms. The summed E-state index contributed by atoms with van der Waals surface area (Å²) < 4.78 is 5.94. The molecule has 3 heterocycles. The van der Waals surface area contributed by atoms with Gasteiger partial charge < -0.3 is 15.4 Å². The maximum atomic E-state index is 12.8. The number of aryl methyl sites for hydroxylation is 1. The predicted octanol–water partition coefficient (Wildman–Crippen LogP) is 3.98. The molecule has 2 N–H and O–H groups in total. The number of carbonyl (C=O) groups is 1. The maximum absolute atomic E-state index is 12.8. The molecule has 4 aromatic rings. The number of anilines is 1. The summed E-state index contributed by atoms with van der Waals surface area (Å²) in [5, 5.41) is 6.95. The van der Waals surface area contributed by atoms with Gasteiger partial charge in [0.1, 0.15) is 6.33 Å². The number of nitrogens with zero attached hydrogens (tertiary/aromatic N) is 3. The van der Waals surface area contributed by atoms with E-state index in [9.17, 15) is 4.79 Å². The summed E-state index contributed by atoms with van der Waals surface area (Å²) in [4.78, 5) is 25.9. The molecule has 2 aromatic heterocycles. The fourth-order valence-electron chi connectivity index (χ4n) is 3.57. The first-order chi connectivity index (χ1) is 14.7. The Morgan fingerprint density at radius 2 is 1.97 bits per heavy atom. The summed E-state index contributed by atoms with van der Waals surface area (Å²) in [7, 11) is 0. The van der Waals surface area contributed by atoms with Crippen LogP contribution in [0.25, 0.3) is 10.9 Å². The minimum absolute atomic E-state index is 0.179. The Hall–Kier alpha value is -3.84. The summed E-state index contributed by atoms with van der Waals surface area (Å²) in [6.07, 6.45) is 1.50. The number of pyridine rings is 1. The third-order valence-electron chi connectivity index (χ3n) is 5.02. The van der Waals surface area contributed by atoms with E-state index < -0.39 is 0 Å². The Kier molecular flexibility index (Phi) is 4.57. The van der Waals surface area contributed by atoms with Crippen molar-refractivity contribution in [3.05, 3.63) is 83.3 Å². The van der Waals surface area contributed by atoms with E-state index in [1.807, 2.05) is 49.4 Å². The van der Waals surface area contributed by atoms with E-state index in [2.05, 4.69) is 25.6 Å². The highest BCUT2D eigenvalue weighted by molar-refractivity contribution is 6.12. The highest BCUT2D eigenvalue weighted by Gasteiger charge is 2.19. The number of benzene rings is 2. The van der Waals surface area contributed by atoms with Gasteiger partial charge in [0.25, 0.3) is 5.91 Å². The van der Waals surface area contributed by atoms with Gasteiger partial charge in [0, 0.05) is 35.8 Å². The first-order valence-corrected chi connectivity index (χ1v) is 9.66. The molecular formula is C23H19N5O2. The summed E-state index contributed by atoms with van der Waals surface area (Å²) in [6.45, 7) is 3.36. The van der Waals surface area contributed by atoms with Gasteiger partial charge in [0.05, 0.1) is 16.8 Å². The van der Waals surface area contributed by atoms with Crippen LogP contribution < -0.4 is 15.4 Å². The molecule has 7 heteroatoms.